The van der Waals surface area contributed by atoms with Crippen LogP contribution >= 0.6 is 11.6 Å². The minimum absolute atomic E-state index is 0.0124. The minimum atomic E-state index is -3.68. The molecule has 0 fully saturated rings. The van der Waals surface area contributed by atoms with Gasteiger partial charge < -0.3 is 10.1 Å². The Balaban J connectivity index is 1.87. The number of sulfonamides is 1. The molecule has 0 unspecified atom stereocenters. The van der Waals surface area contributed by atoms with Crippen molar-refractivity contribution in [3.8, 4) is 5.75 Å². The van der Waals surface area contributed by atoms with Gasteiger partial charge in [-0.2, -0.15) is 0 Å². The van der Waals surface area contributed by atoms with Crippen LogP contribution in [-0.4, -0.2) is 27.5 Å². The fraction of sp³-hybridized carbons (Fsp3) is 0.235. The molecule has 0 aliphatic carbocycles. The summed E-state index contributed by atoms with van der Waals surface area (Å²) in [5.74, 6) is 0.267. The van der Waals surface area contributed by atoms with Gasteiger partial charge in [-0.3, -0.25) is 4.79 Å². The molecule has 0 radical (unpaired) electrons. The molecule has 1 amide bonds. The van der Waals surface area contributed by atoms with Crippen molar-refractivity contribution >= 4 is 33.2 Å². The van der Waals surface area contributed by atoms with Gasteiger partial charge in [-0.15, -0.1) is 0 Å². The monoisotopic (exact) mass is 382 g/mol. The number of hydrogen-bond acceptors (Lipinski definition) is 4. The molecule has 0 aromatic heterocycles. The first kappa shape index (κ1) is 19.2. The van der Waals surface area contributed by atoms with Crippen LogP contribution in [0.1, 0.15) is 13.3 Å². The van der Waals surface area contributed by atoms with E-state index >= 15 is 0 Å². The van der Waals surface area contributed by atoms with E-state index in [2.05, 4.69) is 10.0 Å². The van der Waals surface area contributed by atoms with Gasteiger partial charge in [0.2, 0.25) is 15.9 Å². The van der Waals surface area contributed by atoms with E-state index < -0.39 is 10.0 Å². The van der Waals surface area contributed by atoms with Crippen LogP contribution in [0.15, 0.2) is 53.4 Å². The van der Waals surface area contributed by atoms with Crippen molar-refractivity contribution in [2.75, 3.05) is 18.5 Å². The third-order valence-corrected chi connectivity index (χ3v) is 5.04. The molecule has 0 bridgehead atoms. The van der Waals surface area contributed by atoms with Crippen LogP contribution in [0.2, 0.25) is 5.02 Å². The first-order chi connectivity index (χ1) is 11.9. The molecule has 0 aliphatic heterocycles. The minimum Gasteiger partial charge on any atom is -0.494 e. The van der Waals surface area contributed by atoms with Gasteiger partial charge in [0.1, 0.15) is 5.75 Å². The van der Waals surface area contributed by atoms with Crippen LogP contribution in [0.5, 0.6) is 5.75 Å². The smallest absolute Gasteiger partial charge is 0.240 e. The fourth-order valence-electron chi connectivity index (χ4n) is 2.04. The van der Waals surface area contributed by atoms with Crippen molar-refractivity contribution in [2.24, 2.45) is 0 Å². The standard InChI is InChI=1S/C17H19ClN2O4S/c1-2-24-13-7-9-14(10-8-13)25(22,23)19-12-11-17(21)20-16-6-4-3-5-15(16)18/h3-10,19H,2,11-12H2,1H3,(H,20,21). The Morgan fingerprint density at radius 2 is 1.80 bits per heavy atom. The van der Waals surface area contributed by atoms with E-state index in [1.165, 1.54) is 12.1 Å². The number of para-hydroxylation sites is 1. The predicted octanol–water partition coefficient (Wildman–Crippen LogP) is 3.05. The Kier molecular flexibility index (Phi) is 6.81. The molecule has 2 rings (SSSR count). The van der Waals surface area contributed by atoms with E-state index in [1.807, 2.05) is 6.92 Å². The van der Waals surface area contributed by atoms with E-state index in [0.717, 1.165) is 0 Å². The van der Waals surface area contributed by atoms with Crippen molar-refractivity contribution in [1.29, 1.82) is 0 Å². The quantitative estimate of drug-likeness (QED) is 0.734. The van der Waals surface area contributed by atoms with Gasteiger partial charge >= 0.3 is 0 Å². The Hall–Kier alpha value is -2.09. The molecular formula is C17H19ClN2O4S. The van der Waals surface area contributed by atoms with Gasteiger partial charge in [0, 0.05) is 13.0 Å². The zero-order valence-electron chi connectivity index (χ0n) is 13.7. The summed E-state index contributed by atoms with van der Waals surface area (Å²) in [6.45, 7) is 2.33. The SMILES string of the molecule is CCOc1ccc(S(=O)(=O)NCCC(=O)Nc2ccccc2Cl)cc1. The summed E-state index contributed by atoms with van der Waals surface area (Å²) in [6, 6.07) is 12.9. The third-order valence-electron chi connectivity index (χ3n) is 3.24. The summed E-state index contributed by atoms with van der Waals surface area (Å²) in [4.78, 5) is 12.0. The molecular weight excluding hydrogens is 364 g/mol. The number of carbonyl (C=O) groups excluding carboxylic acids is 1. The number of ether oxygens (including phenoxy) is 1. The number of halogens is 1. The Labute approximate surface area is 152 Å². The molecule has 0 heterocycles. The highest BCUT2D eigenvalue weighted by molar-refractivity contribution is 7.89. The fourth-order valence-corrected chi connectivity index (χ4v) is 3.25. The number of amides is 1. The highest BCUT2D eigenvalue weighted by Crippen LogP contribution is 2.20. The largest absolute Gasteiger partial charge is 0.494 e. The summed E-state index contributed by atoms with van der Waals surface area (Å²) in [5.41, 5.74) is 0.489. The number of benzene rings is 2. The molecule has 0 saturated carbocycles. The summed E-state index contributed by atoms with van der Waals surface area (Å²) in [5, 5.41) is 3.06. The van der Waals surface area contributed by atoms with Gasteiger partial charge in [-0.1, -0.05) is 23.7 Å². The Morgan fingerprint density at radius 1 is 1.12 bits per heavy atom. The second kappa shape index (κ2) is 8.84. The number of carbonyl (C=O) groups is 1. The molecule has 0 spiro atoms. The highest BCUT2D eigenvalue weighted by Gasteiger charge is 2.14. The maximum atomic E-state index is 12.2. The lowest BCUT2D eigenvalue weighted by molar-refractivity contribution is -0.116. The molecule has 25 heavy (non-hydrogen) atoms. The summed E-state index contributed by atoms with van der Waals surface area (Å²) < 4.78 is 32.1. The molecule has 0 atom stereocenters. The van der Waals surface area contributed by atoms with Gasteiger partial charge in [0.05, 0.1) is 22.2 Å². The van der Waals surface area contributed by atoms with Crippen LogP contribution in [0.3, 0.4) is 0 Å². The first-order valence-corrected chi connectivity index (χ1v) is 9.55. The van der Waals surface area contributed by atoms with Crippen LogP contribution in [0.4, 0.5) is 5.69 Å². The lowest BCUT2D eigenvalue weighted by atomic mass is 10.3. The van der Waals surface area contributed by atoms with Crippen molar-refractivity contribution < 1.29 is 17.9 Å². The van der Waals surface area contributed by atoms with E-state index in [-0.39, 0.29) is 23.8 Å². The summed E-state index contributed by atoms with van der Waals surface area (Å²) in [6.07, 6.45) is -0.0124. The lowest BCUT2D eigenvalue weighted by Crippen LogP contribution is -2.27. The van der Waals surface area contributed by atoms with Crippen LogP contribution in [0.25, 0.3) is 0 Å². The molecule has 0 saturated heterocycles. The summed E-state index contributed by atoms with van der Waals surface area (Å²) >= 11 is 5.95. The van der Waals surface area contributed by atoms with Gasteiger partial charge in [0.25, 0.3) is 0 Å². The average Bonchev–Trinajstić information content (AvgIpc) is 2.58. The molecule has 134 valence electrons. The number of hydrogen-bond donors (Lipinski definition) is 2. The third kappa shape index (κ3) is 5.74. The van der Waals surface area contributed by atoms with Crippen LogP contribution in [-0.2, 0) is 14.8 Å². The predicted molar refractivity (Wildman–Crippen MR) is 97.5 cm³/mol. The van der Waals surface area contributed by atoms with E-state index in [4.69, 9.17) is 16.3 Å². The highest BCUT2D eigenvalue weighted by atomic mass is 35.5. The molecule has 2 N–H and O–H groups in total. The molecule has 0 aliphatic rings. The zero-order chi connectivity index (χ0) is 18.3. The Bertz CT molecular complexity index is 823. The normalized spacial score (nSPS) is 11.1. The van der Waals surface area contributed by atoms with E-state index in [9.17, 15) is 13.2 Å². The van der Waals surface area contributed by atoms with E-state index in [1.54, 1.807) is 36.4 Å². The van der Waals surface area contributed by atoms with E-state index in [0.29, 0.717) is 23.1 Å². The number of nitrogens with one attached hydrogen (secondary N) is 2. The van der Waals surface area contributed by atoms with Crippen molar-refractivity contribution in [3.05, 3.63) is 53.6 Å². The second-order valence-corrected chi connectivity index (χ2v) is 7.25. The topological polar surface area (TPSA) is 84.5 Å². The average molecular weight is 383 g/mol. The van der Waals surface area contributed by atoms with Crippen LogP contribution < -0.4 is 14.8 Å². The molecule has 2 aromatic rings. The first-order valence-electron chi connectivity index (χ1n) is 7.69. The number of rotatable bonds is 8. The molecule has 6 nitrogen and oxygen atoms in total. The molecule has 2 aromatic carbocycles. The van der Waals surface area contributed by atoms with Gasteiger partial charge in [0.15, 0.2) is 0 Å². The maximum Gasteiger partial charge on any atom is 0.240 e. The van der Waals surface area contributed by atoms with Gasteiger partial charge in [-0.05, 0) is 43.3 Å². The Morgan fingerprint density at radius 3 is 2.44 bits per heavy atom. The van der Waals surface area contributed by atoms with Crippen molar-refractivity contribution in [1.82, 2.24) is 4.72 Å². The molecule has 8 heteroatoms. The zero-order valence-corrected chi connectivity index (χ0v) is 15.2. The van der Waals surface area contributed by atoms with Crippen molar-refractivity contribution in [3.63, 3.8) is 0 Å². The number of anilines is 1. The van der Waals surface area contributed by atoms with Gasteiger partial charge in [-0.25, -0.2) is 13.1 Å². The maximum absolute atomic E-state index is 12.2. The second-order valence-electron chi connectivity index (χ2n) is 5.08. The summed E-state index contributed by atoms with van der Waals surface area (Å²) in [7, 11) is -3.68. The lowest BCUT2D eigenvalue weighted by Gasteiger charge is -2.09. The van der Waals surface area contributed by atoms with Crippen molar-refractivity contribution in [2.45, 2.75) is 18.2 Å². The van der Waals surface area contributed by atoms with Crippen LogP contribution in [0, 0.1) is 0 Å².